The normalized spacial score (nSPS) is 15.3. The van der Waals surface area contributed by atoms with Crippen LogP contribution in [0.15, 0.2) is 53.1 Å². The molecule has 9 heteroatoms. The maximum absolute atomic E-state index is 13.2. The van der Waals surface area contributed by atoms with Crippen molar-refractivity contribution in [3.63, 3.8) is 0 Å². The molecule has 1 saturated heterocycles. The second kappa shape index (κ2) is 11.0. The Balaban J connectivity index is 1.31. The summed E-state index contributed by atoms with van der Waals surface area (Å²) in [5.41, 5.74) is 2.57. The molecule has 0 spiro atoms. The van der Waals surface area contributed by atoms with Crippen LogP contribution in [0.5, 0.6) is 0 Å². The fraction of sp³-hybridized carbons (Fsp3) is 0.385. The third kappa shape index (κ3) is 6.26. The summed E-state index contributed by atoms with van der Waals surface area (Å²) in [5.74, 6) is 0.727. The Kier molecular flexibility index (Phi) is 7.83. The maximum atomic E-state index is 13.2. The Labute approximate surface area is 210 Å². The predicted molar refractivity (Wildman–Crippen MR) is 134 cm³/mol. The van der Waals surface area contributed by atoms with Crippen molar-refractivity contribution in [1.82, 2.24) is 25.3 Å². The average Bonchev–Trinajstić information content (AvgIpc) is 3.31. The van der Waals surface area contributed by atoms with Crippen LogP contribution in [0.3, 0.4) is 0 Å². The van der Waals surface area contributed by atoms with Gasteiger partial charge in [-0.2, -0.15) is 4.98 Å². The second-order valence-electron chi connectivity index (χ2n) is 9.18. The van der Waals surface area contributed by atoms with Crippen LogP contribution >= 0.6 is 11.6 Å². The van der Waals surface area contributed by atoms with E-state index >= 15 is 0 Å². The van der Waals surface area contributed by atoms with Crippen molar-refractivity contribution in [2.75, 3.05) is 26.2 Å². The number of aromatic nitrogens is 2. The highest BCUT2D eigenvalue weighted by Crippen LogP contribution is 2.18. The number of halogens is 1. The number of nitrogens with zero attached hydrogens (tertiary/aromatic N) is 4. The SMILES string of the molecule is Cc1ccc(-c2noc(CN3CCN(C(=O)C(NC(=O)c4ccc(Cl)cc4)C(C)C)CC3)n2)cc1. The highest BCUT2D eigenvalue weighted by atomic mass is 35.5. The van der Waals surface area contributed by atoms with Crippen LogP contribution in [-0.4, -0.2) is 64.0 Å². The molecule has 1 N–H and O–H groups in total. The van der Waals surface area contributed by atoms with Crippen LogP contribution in [0.2, 0.25) is 5.02 Å². The van der Waals surface area contributed by atoms with Gasteiger partial charge in [0, 0.05) is 42.3 Å². The zero-order valence-corrected chi connectivity index (χ0v) is 21.0. The van der Waals surface area contributed by atoms with E-state index in [0.717, 1.165) is 5.56 Å². The first-order chi connectivity index (χ1) is 16.8. The molecule has 1 fully saturated rings. The van der Waals surface area contributed by atoms with E-state index in [1.54, 1.807) is 24.3 Å². The molecular formula is C26H30ClN5O3. The summed E-state index contributed by atoms with van der Waals surface area (Å²) in [7, 11) is 0. The van der Waals surface area contributed by atoms with E-state index < -0.39 is 6.04 Å². The first-order valence-electron chi connectivity index (χ1n) is 11.8. The number of carbonyl (C=O) groups excluding carboxylic acids is 2. The van der Waals surface area contributed by atoms with Gasteiger partial charge in [-0.15, -0.1) is 0 Å². The number of aryl methyl sites for hydroxylation is 1. The number of rotatable bonds is 7. The molecule has 3 aromatic rings. The van der Waals surface area contributed by atoms with Gasteiger partial charge in [0.1, 0.15) is 6.04 Å². The number of benzene rings is 2. The number of carbonyl (C=O) groups is 2. The molecule has 0 saturated carbocycles. The lowest BCUT2D eigenvalue weighted by atomic mass is 10.0. The lowest BCUT2D eigenvalue weighted by Crippen LogP contribution is -2.56. The number of nitrogens with one attached hydrogen (secondary N) is 1. The highest BCUT2D eigenvalue weighted by Gasteiger charge is 2.31. The molecule has 1 aliphatic heterocycles. The topological polar surface area (TPSA) is 91.6 Å². The molecule has 0 radical (unpaired) electrons. The third-order valence-electron chi connectivity index (χ3n) is 6.15. The number of hydrogen-bond donors (Lipinski definition) is 1. The Hall–Kier alpha value is -3.23. The van der Waals surface area contributed by atoms with Crippen molar-refractivity contribution in [2.45, 2.75) is 33.4 Å². The minimum Gasteiger partial charge on any atom is -0.340 e. The molecule has 1 atom stereocenters. The van der Waals surface area contributed by atoms with Crippen molar-refractivity contribution >= 4 is 23.4 Å². The average molecular weight is 496 g/mol. The van der Waals surface area contributed by atoms with Gasteiger partial charge in [0.05, 0.1) is 6.54 Å². The summed E-state index contributed by atoms with van der Waals surface area (Å²) in [4.78, 5) is 34.4. The molecule has 2 aromatic carbocycles. The molecule has 1 aliphatic rings. The van der Waals surface area contributed by atoms with Gasteiger partial charge in [-0.25, -0.2) is 0 Å². The van der Waals surface area contributed by atoms with Gasteiger partial charge in [-0.1, -0.05) is 60.4 Å². The van der Waals surface area contributed by atoms with Gasteiger partial charge in [0.15, 0.2) is 0 Å². The Morgan fingerprint density at radius 1 is 1.03 bits per heavy atom. The van der Waals surface area contributed by atoms with E-state index in [9.17, 15) is 9.59 Å². The second-order valence-corrected chi connectivity index (χ2v) is 9.62. The fourth-order valence-corrected chi connectivity index (χ4v) is 4.12. The minimum atomic E-state index is -0.599. The molecular weight excluding hydrogens is 466 g/mol. The Bertz CT molecular complexity index is 1150. The monoisotopic (exact) mass is 495 g/mol. The molecule has 35 heavy (non-hydrogen) atoms. The van der Waals surface area contributed by atoms with Gasteiger partial charge in [0.25, 0.3) is 5.91 Å². The quantitative estimate of drug-likeness (QED) is 0.536. The van der Waals surface area contributed by atoms with Gasteiger partial charge < -0.3 is 14.7 Å². The van der Waals surface area contributed by atoms with Gasteiger partial charge >= 0.3 is 0 Å². The van der Waals surface area contributed by atoms with E-state index in [4.69, 9.17) is 16.1 Å². The van der Waals surface area contributed by atoms with E-state index in [1.807, 2.05) is 49.9 Å². The first kappa shape index (κ1) is 24.9. The molecule has 4 rings (SSSR count). The summed E-state index contributed by atoms with van der Waals surface area (Å²) in [6.07, 6.45) is 0. The summed E-state index contributed by atoms with van der Waals surface area (Å²) in [6, 6.07) is 14.0. The van der Waals surface area contributed by atoms with Crippen LogP contribution in [0.25, 0.3) is 11.4 Å². The molecule has 0 bridgehead atoms. The zero-order valence-electron chi connectivity index (χ0n) is 20.2. The smallest absolute Gasteiger partial charge is 0.251 e. The van der Waals surface area contributed by atoms with E-state index in [-0.39, 0.29) is 17.7 Å². The predicted octanol–water partition coefficient (Wildman–Crippen LogP) is 3.80. The summed E-state index contributed by atoms with van der Waals surface area (Å²) in [5, 5.41) is 7.56. The van der Waals surface area contributed by atoms with Gasteiger partial charge in [0.2, 0.25) is 17.6 Å². The van der Waals surface area contributed by atoms with Crippen molar-refractivity contribution in [1.29, 1.82) is 0 Å². The van der Waals surface area contributed by atoms with Crippen molar-refractivity contribution < 1.29 is 14.1 Å². The van der Waals surface area contributed by atoms with Crippen LogP contribution in [0.4, 0.5) is 0 Å². The Morgan fingerprint density at radius 2 is 1.69 bits per heavy atom. The maximum Gasteiger partial charge on any atom is 0.251 e. The summed E-state index contributed by atoms with van der Waals surface area (Å²) < 4.78 is 5.45. The largest absolute Gasteiger partial charge is 0.340 e. The summed E-state index contributed by atoms with van der Waals surface area (Å²) in [6.45, 7) is 8.93. The molecule has 0 aliphatic carbocycles. The highest BCUT2D eigenvalue weighted by molar-refractivity contribution is 6.30. The number of hydrogen-bond acceptors (Lipinski definition) is 6. The molecule has 8 nitrogen and oxygen atoms in total. The van der Waals surface area contributed by atoms with Crippen LogP contribution in [0, 0.1) is 12.8 Å². The van der Waals surface area contributed by atoms with Gasteiger partial charge in [-0.3, -0.25) is 14.5 Å². The van der Waals surface area contributed by atoms with Gasteiger partial charge in [-0.05, 0) is 37.1 Å². The third-order valence-corrected chi connectivity index (χ3v) is 6.40. The standard InChI is InChI=1S/C26H30ClN5O3/c1-17(2)23(29-25(33)20-8-10-21(27)11-9-20)26(34)32-14-12-31(13-15-32)16-22-28-24(30-35-22)19-6-4-18(3)5-7-19/h4-11,17,23H,12-16H2,1-3H3,(H,29,33). The van der Waals surface area contributed by atoms with E-state index in [2.05, 4.69) is 20.4 Å². The fourth-order valence-electron chi connectivity index (χ4n) is 3.99. The number of amides is 2. The lowest BCUT2D eigenvalue weighted by Gasteiger charge is -2.36. The summed E-state index contributed by atoms with van der Waals surface area (Å²) >= 11 is 5.91. The van der Waals surface area contributed by atoms with E-state index in [0.29, 0.717) is 55.0 Å². The lowest BCUT2D eigenvalue weighted by molar-refractivity contribution is -0.136. The van der Waals surface area contributed by atoms with Crippen LogP contribution in [-0.2, 0) is 11.3 Å². The Morgan fingerprint density at radius 3 is 2.31 bits per heavy atom. The molecule has 1 aromatic heterocycles. The first-order valence-corrected chi connectivity index (χ1v) is 12.1. The van der Waals surface area contributed by atoms with E-state index in [1.165, 1.54) is 5.56 Å². The molecule has 2 amide bonds. The molecule has 184 valence electrons. The number of piperazine rings is 1. The molecule has 2 heterocycles. The zero-order chi connectivity index (χ0) is 24.9. The van der Waals surface area contributed by atoms with Crippen LogP contribution < -0.4 is 5.32 Å². The molecule has 1 unspecified atom stereocenters. The minimum absolute atomic E-state index is 0.0460. The van der Waals surface area contributed by atoms with Crippen molar-refractivity contribution in [3.05, 3.63) is 70.6 Å². The van der Waals surface area contributed by atoms with Crippen molar-refractivity contribution in [3.8, 4) is 11.4 Å². The van der Waals surface area contributed by atoms with Crippen molar-refractivity contribution in [2.24, 2.45) is 5.92 Å². The van der Waals surface area contributed by atoms with Crippen LogP contribution in [0.1, 0.15) is 35.7 Å².